The lowest BCUT2D eigenvalue weighted by Gasteiger charge is -2.07. The number of esters is 1. The van der Waals surface area contributed by atoms with E-state index in [9.17, 15) is 14.7 Å². The van der Waals surface area contributed by atoms with Gasteiger partial charge in [0.2, 0.25) is 5.91 Å². The molecule has 1 aromatic carbocycles. The van der Waals surface area contributed by atoms with E-state index < -0.39 is 5.97 Å². The Bertz CT molecular complexity index is 522. The molecule has 0 aliphatic rings. The number of phenols is 1. The Hall–Kier alpha value is -2.50. The molecule has 19 heavy (non-hydrogen) atoms. The van der Waals surface area contributed by atoms with Crippen LogP contribution >= 0.6 is 0 Å². The second-order valence-electron chi connectivity index (χ2n) is 3.66. The van der Waals surface area contributed by atoms with E-state index in [1.54, 1.807) is 6.07 Å². The van der Waals surface area contributed by atoms with Crippen molar-refractivity contribution in [1.29, 1.82) is 0 Å². The normalized spacial score (nSPS) is 10.8. The molecule has 0 aliphatic carbocycles. The second-order valence-corrected chi connectivity index (χ2v) is 3.66. The van der Waals surface area contributed by atoms with Gasteiger partial charge in [0.05, 0.1) is 14.2 Å². The molecule has 0 spiro atoms. The standard InChI is InChI=1S/C13H15NO5/c1-8(15)14-10(13(17)19-3)6-9-4-5-11(16)12(7-9)18-2/h4-7,16H,1-3H3,(H,14,15)/b10-6-. The van der Waals surface area contributed by atoms with Crippen LogP contribution in [0.5, 0.6) is 11.5 Å². The minimum Gasteiger partial charge on any atom is -0.504 e. The number of phenolic OH excluding ortho intramolecular Hbond substituents is 1. The highest BCUT2D eigenvalue weighted by atomic mass is 16.5. The van der Waals surface area contributed by atoms with Gasteiger partial charge in [-0.25, -0.2) is 4.79 Å². The quantitative estimate of drug-likeness (QED) is 0.628. The van der Waals surface area contributed by atoms with Gasteiger partial charge in [0.1, 0.15) is 5.70 Å². The number of rotatable bonds is 4. The Morgan fingerprint density at radius 3 is 2.53 bits per heavy atom. The number of carbonyl (C=O) groups is 2. The van der Waals surface area contributed by atoms with Crippen LogP contribution in [0.1, 0.15) is 12.5 Å². The molecule has 0 aromatic heterocycles. The molecule has 0 aliphatic heterocycles. The summed E-state index contributed by atoms with van der Waals surface area (Å²) >= 11 is 0. The molecule has 0 radical (unpaired) electrons. The van der Waals surface area contributed by atoms with Crippen LogP contribution in [0.3, 0.4) is 0 Å². The van der Waals surface area contributed by atoms with Crippen molar-refractivity contribution < 1.29 is 24.2 Å². The lowest BCUT2D eigenvalue weighted by molar-refractivity contribution is -0.137. The molecule has 0 saturated heterocycles. The van der Waals surface area contributed by atoms with Gasteiger partial charge in [-0.15, -0.1) is 0 Å². The lowest BCUT2D eigenvalue weighted by Crippen LogP contribution is -2.25. The maximum Gasteiger partial charge on any atom is 0.354 e. The number of hydrogen-bond acceptors (Lipinski definition) is 5. The van der Waals surface area contributed by atoms with E-state index in [0.29, 0.717) is 5.56 Å². The van der Waals surface area contributed by atoms with Gasteiger partial charge in [-0.2, -0.15) is 0 Å². The Kier molecular flexibility index (Phi) is 4.93. The van der Waals surface area contributed by atoms with Crippen LogP contribution in [0.25, 0.3) is 6.08 Å². The van der Waals surface area contributed by atoms with Crippen molar-refractivity contribution in [3.05, 3.63) is 29.5 Å². The molecule has 6 nitrogen and oxygen atoms in total. The Morgan fingerprint density at radius 2 is 2.00 bits per heavy atom. The first kappa shape index (κ1) is 14.6. The Labute approximate surface area is 110 Å². The van der Waals surface area contributed by atoms with Gasteiger partial charge in [-0.1, -0.05) is 6.07 Å². The summed E-state index contributed by atoms with van der Waals surface area (Å²) in [7, 11) is 2.63. The zero-order chi connectivity index (χ0) is 14.4. The van der Waals surface area contributed by atoms with Crippen molar-refractivity contribution in [1.82, 2.24) is 5.32 Å². The Balaban J connectivity index is 3.13. The first-order valence-electron chi connectivity index (χ1n) is 5.42. The van der Waals surface area contributed by atoms with Crippen molar-refractivity contribution in [3.8, 4) is 11.5 Å². The fourth-order valence-electron chi connectivity index (χ4n) is 1.40. The summed E-state index contributed by atoms with van der Waals surface area (Å²) in [6.45, 7) is 1.29. The van der Waals surface area contributed by atoms with Gasteiger partial charge < -0.3 is 19.9 Å². The molecule has 0 bridgehead atoms. The molecule has 0 saturated carbocycles. The maximum absolute atomic E-state index is 11.5. The van der Waals surface area contributed by atoms with Gasteiger partial charge in [-0.05, 0) is 23.8 Å². The summed E-state index contributed by atoms with van der Waals surface area (Å²) in [5, 5.41) is 11.8. The van der Waals surface area contributed by atoms with Crippen LogP contribution in [0.15, 0.2) is 23.9 Å². The molecule has 2 N–H and O–H groups in total. The van der Waals surface area contributed by atoms with Crippen LogP contribution < -0.4 is 10.1 Å². The van der Waals surface area contributed by atoms with E-state index >= 15 is 0 Å². The highest BCUT2D eigenvalue weighted by molar-refractivity contribution is 5.97. The number of hydrogen-bond donors (Lipinski definition) is 2. The number of nitrogens with one attached hydrogen (secondary N) is 1. The molecular formula is C13H15NO5. The van der Waals surface area contributed by atoms with Gasteiger partial charge in [-0.3, -0.25) is 4.79 Å². The molecule has 1 amide bonds. The maximum atomic E-state index is 11.5. The summed E-state index contributed by atoms with van der Waals surface area (Å²) in [5.41, 5.74) is 0.576. The van der Waals surface area contributed by atoms with E-state index in [4.69, 9.17) is 4.74 Å². The van der Waals surface area contributed by atoms with E-state index in [1.807, 2.05) is 0 Å². The van der Waals surface area contributed by atoms with Crippen molar-refractivity contribution in [2.24, 2.45) is 0 Å². The summed E-state index contributed by atoms with van der Waals surface area (Å²) in [6.07, 6.45) is 1.43. The largest absolute Gasteiger partial charge is 0.504 e. The number of carbonyl (C=O) groups excluding carboxylic acids is 2. The fraction of sp³-hybridized carbons (Fsp3) is 0.231. The van der Waals surface area contributed by atoms with Crippen molar-refractivity contribution >= 4 is 18.0 Å². The summed E-state index contributed by atoms with van der Waals surface area (Å²) in [6, 6.07) is 4.52. The molecule has 0 heterocycles. The monoisotopic (exact) mass is 265 g/mol. The predicted molar refractivity (Wildman–Crippen MR) is 68.5 cm³/mol. The minimum atomic E-state index is -0.665. The smallest absolute Gasteiger partial charge is 0.354 e. The second kappa shape index (κ2) is 6.44. The van der Waals surface area contributed by atoms with Gasteiger partial charge >= 0.3 is 5.97 Å². The van der Waals surface area contributed by atoms with Crippen LogP contribution in [-0.4, -0.2) is 31.2 Å². The predicted octanol–water partition coefficient (Wildman–Crippen LogP) is 1.05. The molecule has 1 rings (SSSR count). The third-order valence-corrected chi connectivity index (χ3v) is 2.23. The zero-order valence-corrected chi connectivity index (χ0v) is 10.9. The van der Waals surface area contributed by atoms with Gasteiger partial charge in [0, 0.05) is 6.92 Å². The first-order valence-corrected chi connectivity index (χ1v) is 5.42. The SMILES string of the molecule is COC(=O)/C(=C/c1ccc(O)c(OC)c1)NC(C)=O. The topological polar surface area (TPSA) is 84.9 Å². The molecular weight excluding hydrogens is 250 g/mol. The van der Waals surface area contributed by atoms with Gasteiger partial charge in [0.25, 0.3) is 0 Å². The molecule has 0 unspecified atom stereocenters. The number of benzene rings is 1. The highest BCUT2D eigenvalue weighted by Crippen LogP contribution is 2.27. The van der Waals surface area contributed by atoms with Crippen LogP contribution in [0.4, 0.5) is 0 Å². The van der Waals surface area contributed by atoms with E-state index in [2.05, 4.69) is 10.1 Å². The van der Waals surface area contributed by atoms with E-state index in [1.165, 1.54) is 39.4 Å². The number of methoxy groups -OCH3 is 2. The number of ether oxygens (including phenoxy) is 2. The van der Waals surface area contributed by atoms with Crippen LogP contribution in [0, 0.1) is 0 Å². The van der Waals surface area contributed by atoms with Crippen molar-refractivity contribution in [2.75, 3.05) is 14.2 Å². The van der Waals surface area contributed by atoms with E-state index in [0.717, 1.165) is 0 Å². The number of amides is 1. The Morgan fingerprint density at radius 1 is 1.32 bits per heavy atom. The summed E-state index contributed by atoms with van der Waals surface area (Å²) in [5.74, 6) is -0.802. The van der Waals surface area contributed by atoms with Crippen LogP contribution in [-0.2, 0) is 14.3 Å². The third-order valence-electron chi connectivity index (χ3n) is 2.23. The third kappa shape index (κ3) is 4.02. The van der Waals surface area contributed by atoms with Gasteiger partial charge in [0.15, 0.2) is 11.5 Å². The molecule has 1 aromatic rings. The molecule has 6 heteroatoms. The minimum absolute atomic E-state index is 0.00254. The average Bonchev–Trinajstić information content (AvgIpc) is 2.38. The van der Waals surface area contributed by atoms with Crippen molar-refractivity contribution in [3.63, 3.8) is 0 Å². The molecule has 0 fully saturated rings. The molecule has 0 atom stereocenters. The zero-order valence-electron chi connectivity index (χ0n) is 10.9. The summed E-state index contributed by atoms with van der Waals surface area (Å²) in [4.78, 5) is 22.5. The number of aromatic hydroxyl groups is 1. The fourth-order valence-corrected chi connectivity index (χ4v) is 1.40. The summed E-state index contributed by atoms with van der Waals surface area (Å²) < 4.78 is 9.52. The van der Waals surface area contributed by atoms with Crippen LogP contribution in [0.2, 0.25) is 0 Å². The van der Waals surface area contributed by atoms with Crippen molar-refractivity contribution in [2.45, 2.75) is 6.92 Å². The van der Waals surface area contributed by atoms with E-state index in [-0.39, 0.29) is 23.1 Å². The average molecular weight is 265 g/mol. The lowest BCUT2D eigenvalue weighted by atomic mass is 10.1. The highest BCUT2D eigenvalue weighted by Gasteiger charge is 2.11. The first-order chi connectivity index (χ1) is 8.97. The molecule has 102 valence electrons.